The van der Waals surface area contributed by atoms with E-state index in [1.807, 2.05) is 12.2 Å². The molecule has 0 spiro atoms. The first kappa shape index (κ1) is 21.0. The van der Waals surface area contributed by atoms with Crippen LogP contribution in [0.5, 0.6) is 0 Å². The molecular formula is C13H16F2Zr. The summed E-state index contributed by atoms with van der Waals surface area (Å²) in [7, 11) is 0. The Hall–Kier alpha value is -0.297. The Morgan fingerprint density at radius 3 is 2.25 bits per heavy atom. The van der Waals surface area contributed by atoms with E-state index in [0.717, 1.165) is 12.8 Å². The predicted molar refractivity (Wildman–Crippen MR) is 57.0 cm³/mol. The first-order valence-electron chi connectivity index (χ1n) is 4.91. The van der Waals surface area contributed by atoms with Gasteiger partial charge in [0.05, 0.1) is 0 Å². The van der Waals surface area contributed by atoms with Crippen LogP contribution in [-0.2, 0) is 26.2 Å². The maximum Gasteiger partial charge on any atom is 4.00 e. The van der Waals surface area contributed by atoms with Crippen LogP contribution >= 0.6 is 0 Å². The number of hydrogen-bond donors (Lipinski definition) is 0. The summed E-state index contributed by atoms with van der Waals surface area (Å²) >= 11 is 0. The zero-order valence-corrected chi connectivity index (χ0v) is 11.9. The van der Waals surface area contributed by atoms with E-state index in [1.54, 1.807) is 0 Å². The molecule has 0 saturated carbocycles. The SMILES string of the molecule is CCCC1=[C-]CC=C1.[C-]1=CC=CC1.[F-].[F-].[Zr+4]. The van der Waals surface area contributed by atoms with Gasteiger partial charge in [0, 0.05) is 0 Å². The molecule has 0 saturated heterocycles. The van der Waals surface area contributed by atoms with Gasteiger partial charge in [-0.25, -0.2) is 23.8 Å². The third-order valence-electron chi connectivity index (χ3n) is 1.87. The number of allylic oxidation sites excluding steroid dienone is 8. The van der Waals surface area contributed by atoms with Crippen LogP contribution in [0.4, 0.5) is 0 Å². The van der Waals surface area contributed by atoms with Crippen molar-refractivity contribution >= 4 is 0 Å². The van der Waals surface area contributed by atoms with Crippen molar-refractivity contribution in [3.05, 3.63) is 48.1 Å². The smallest absolute Gasteiger partial charge is 1.00 e. The van der Waals surface area contributed by atoms with Crippen LogP contribution in [0.3, 0.4) is 0 Å². The molecule has 2 aliphatic rings. The molecule has 16 heavy (non-hydrogen) atoms. The number of hydrogen-bond acceptors (Lipinski definition) is 0. The second-order valence-corrected chi connectivity index (χ2v) is 3.06. The van der Waals surface area contributed by atoms with Gasteiger partial charge in [0.15, 0.2) is 0 Å². The van der Waals surface area contributed by atoms with Gasteiger partial charge in [0.1, 0.15) is 0 Å². The molecule has 0 nitrogen and oxygen atoms in total. The van der Waals surface area contributed by atoms with Crippen molar-refractivity contribution in [2.45, 2.75) is 32.6 Å². The van der Waals surface area contributed by atoms with Gasteiger partial charge < -0.3 is 9.41 Å². The zero-order chi connectivity index (χ0) is 9.36. The molecule has 0 aliphatic heterocycles. The fourth-order valence-electron chi connectivity index (χ4n) is 1.23. The molecule has 0 bridgehead atoms. The minimum Gasteiger partial charge on any atom is -1.00 e. The molecule has 0 aromatic carbocycles. The minimum atomic E-state index is 0. The van der Waals surface area contributed by atoms with Gasteiger partial charge in [-0.15, -0.1) is 12.8 Å². The second kappa shape index (κ2) is 14.7. The first-order valence-corrected chi connectivity index (χ1v) is 4.91. The molecule has 3 heteroatoms. The first-order chi connectivity index (χ1) is 6.43. The van der Waals surface area contributed by atoms with Crippen molar-refractivity contribution in [1.29, 1.82) is 0 Å². The van der Waals surface area contributed by atoms with Crippen LogP contribution in [0.15, 0.2) is 36.0 Å². The van der Waals surface area contributed by atoms with E-state index >= 15 is 0 Å². The quantitative estimate of drug-likeness (QED) is 0.507. The molecule has 0 aromatic rings. The van der Waals surface area contributed by atoms with E-state index in [2.05, 4.69) is 37.3 Å². The molecule has 2 aliphatic carbocycles. The van der Waals surface area contributed by atoms with Gasteiger partial charge in [-0.3, -0.25) is 12.2 Å². The minimum absolute atomic E-state index is 0. The van der Waals surface area contributed by atoms with Crippen molar-refractivity contribution < 1.29 is 35.6 Å². The van der Waals surface area contributed by atoms with Crippen LogP contribution < -0.4 is 9.41 Å². The third-order valence-corrected chi connectivity index (χ3v) is 1.87. The van der Waals surface area contributed by atoms with Gasteiger partial charge in [-0.2, -0.15) is 12.2 Å². The van der Waals surface area contributed by atoms with Crippen molar-refractivity contribution in [2.24, 2.45) is 0 Å². The van der Waals surface area contributed by atoms with E-state index in [1.165, 1.54) is 18.4 Å². The van der Waals surface area contributed by atoms with Gasteiger partial charge in [-0.1, -0.05) is 19.8 Å². The molecule has 0 fully saturated rings. The van der Waals surface area contributed by atoms with Crippen LogP contribution in [0.25, 0.3) is 0 Å². The fourth-order valence-corrected chi connectivity index (χ4v) is 1.23. The Morgan fingerprint density at radius 1 is 1.19 bits per heavy atom. The fraction of sp³-hybridized carbons (Fsp3) is 0.385. The maximum absolute atomic E-state index is 3.26. The Kier molecular flexibility index (Phi) is 19.3. The van der Waals surface area contributed by atoms with Gasteiger partial charge in [-0.05, 0) is 0 Å². The topological polar surface area (TPSA) is 0 Å². The second-order valence-electron chi connectivity index (χ2n) is 3.06. The van der Waals surface area contributed by atoms with E-state index < -0.39 is 0 Å². The summed E-state index contributed by atoms with van der Waals surface area (Å²) in [5.74, 6) is 0. The normalized spacial score (nSPS) is 13.9. The molecule has 0 N–H and O–H groups in total. The van der Waals surface area contributed by atoms with E-state index in [9.17, 15) is 0 Å². The molecule has 0 aromatic heterocycles. The van der Waals surface area contributed by atoms with Crippen LogP contribution in [0.1, 0.15) is 32.6 Å². The monoisotopic (exact) mass is 300 g/mol. The average molecular weight is 301 g/mol. The molecule has 0 amide bonds. The summed E-state index contributed by atoms with van der Waals surface area (Å²) in [6.45, 7) is 2.20. The molecule has 0 atom stereocenters. The van der Waals surface area contributed by atoms with Gasteiger partial charge in [0.25, 0.3) is 0 Å². The van der Waals surface area contributed by atoms with Gasteiger partial charge in [0.2, 0.25) is 0 Å². The largest absolute Gasteiger partial charge is 4.00 e. The number of halogens is 2. The molecular weight excluding hydrogens is 285 g/mol. The summed E-state index contributed by atoms with van der Waals surface area (Å²) in [6.07, 6.45) is 21.1. The summed E-state index contributed by atoms with van der Waals surface area (Å²) < 4.78 is 0. The Labute approximate surface area is 116 Å². The maximum atomic E-state index is 3.26. The van der Waals surface area contributed by atoms with Crippen molar-refractivity contribution in [1.82, 2.24) is 0 Å². The summed E-state index contributed by atoms with van der Waals surface area (Å²) in [5.41, 5.74) is 1.40. The zero-order valence-electron chi connectivity index (χ0n) is 9.47. The van der Waals surface area contributed by atoms with Crippen molar-refractivity contribution in [3.63, 3.8) is 0 Å². The van der Waals surface area contributed by atoms with Crippen LogP contribution in [-0.4, -0.2) is 0 Å². The van der Waals surface area contributed by atoms with Gasteiger partial charge >= 0.3 is 26.2 Å². The van der Waals surface area contributed by atoms with Crippen LogP contribution in [0.2, 0.25) is 0 Å². The van der Waals surface area contributed by atoms with Crippen molar-refractivity contribution in [2.75, 3.05) is 0 Å². The summed E-state index contributed by atoms with van der Waals surface area (Å²) in [6, 6.07) is 0. The number of rotatable bonds is 2. The summed E-state index contributed by atoms with van der Waals surface area (Å²) in [5, 5.41) is 0. The van der Waals surface area contributed by atoms with Crippen molar-refractivity contribution in [3.8, 4) is 0 Å². The summed E-state index contributed by atoms with van der Waals surface area (Å²) in [4.78, 5) is 0. The molecule has 86 valence electrons. The third kappa shape index (κ3) is 10.2. The predicted octanol–water partition coefficient (Wildman–Crippen LogP) is -2.21. The molecule has 2 rings (SSSR count). The molecule has 0 heterocycles. The molecule has 0 radical (unpaired) electrons. The molecule has 0 unspecified atom stereocenters. The van der Waals surface area contributed by atoms with E-state index in [0.29, 0.717) is 0 Å². The van der Waals surface area contributed by atoms with E-state index in [-0.39, 0.29) is 35.6 Å². The van der Waals surface area contributed by atoms with E-state index in [4.69, 9.17) is 0 Å². The standard InChI is InChI=1S/C8H11.C5H5.2FH.Zr/c1-2-5-8-6-3-4-7-8;1-2-4-5-3-1;;;/h3,6H,2,4-5H2,1H3;1-3H,4H2;2*1H;/q2*-1;;;+4/p-2. The Morgan fingerprint density at radius 2 is 1.94 bits per heavy atom. The Bertz CT molecular complexity index is 243. The average Bonchev–Trinajstić information content (AvgIpc) is 2.79. The van der Waals surface area contributed by atoms with Crippen LogP contribution in [0, 0.1) is 12.2 Å². The Balaban J connectivity index is -0.000000189.